The first kappa shape index (κ1) is 20.7. The molecule has 2 aromatic heterocycles. The van der Waals surface area contributed by atoms with Gasteiger partial charge in [0.05, 0.1) is 11.4 Å². The third kappa shape index (κ3) is 3.88. The second-order valence-electron chi connectivity index (χ2n) is 8.67. The van der Waals surface area contributed by atoms with Crippen LogP contribution in [-0.2, 0) is 11.3 Å². The van der Waals surface area contributed by atoms with Gasteiger partial charge in [0.1, 0.15) is 12.3 Å². The van der Waals surface area contributed by atoms with Crippen LogP contribution in [0.25, 0.3) is 16.9 Å². The fraction of sp³-hybridized carbons (Fsp3) is 0.259. The van der Waals surface area contributed by atoms with Crippen LogP contribution in [0.15, 0.2) is 79.0 Å². The molecule has 2 aliphatic rings. The van der Waals surface area contributed by atoms with Gasteiger partial charge < -0.3 is 18.8 Å². The lowest BCUT2D eigenvalue weighted by atomic mass is 10.1. The van der Waals surface area contributed by atoms with Gasteiger partial charge in [-0.3, -0.25) is 9.69 Å². The number of hydrogen-bond acceptors (Lipinski definition) is 5. The number of nitrogens with zero attached hydrogens (tertiary/aromatic N) is 4. The van der Waals surface area contributed by atoms with Crippen molar-refractivity contribution in [2.45, 2.75) is 12.6 Å². The van der Waals surface area contributed by atoms with E-state index in [1.807, 2.05) is 65.6 Å². The summed E-state index contributed by atoms with van der Waals surface area (Å²) in [6.07, 6.45) is 1.48. The molecular formula is C27H26N4O3. The van der Waals surface area contributed by atoms with Gasteiger partial charge in [0.25, 0.3) is 5.91 Å². The molecule has 6 rings (SSSR count). The number of rotatable bonds is 4. The highest BCUT2D eigenvalue weighted by molar-refractivity contribution is 5.82. The van der Waals surface area contributed by atoms with Gasteiger partial charge in [-0.2, -0.15) is 0 Å². The smallest absolute Gasteiger partial charge is 0.267 e. The third-order valence-electron chi connectivity index (χ3n) is 6.52. The van der Waals surface area contributed by atoms with Gasteiger partial charge in [-0.1, -0.05) is 48.5 Å². The molecule has 1 saturated heterocycles. The van der Waals surface area contributed by atoms with Gasteiger partial charge in [-0.25, -0.2) is 4.98 Å². The Kier molecular flexibility index (Phi) is 5.39. The summed E-state index contributed by atoms with van der Waals surface area (Å²) in [4.78, 5) is 22.3. The van der Waals surface area contributed by atoms with Crippen molar-refractivity contribution in [1.82, 2.24) is 19.2 Å². The van der Waals surface area contributed by atoms with Crippen LogP contribution in [0, 0.1) is 0 Å². The van der Waals surface area contributed by atoms with Crippen LogP contribution in [0.4, 0.5) is 0 Å². The number of carbonyl (C=O) groups is 1. The maximum absolute atomic E-state index is 13.1. The second-order valence-corrected chi connectivity index (χ2v) is 8.67. The first-order valence-corrected chi connectivity index (χ1v) is 11.7. The second kappa shape index (κ2) is 8.83. The number of pyridine rings is 1. The minimum Gasteiger partial charge on any atom is -0.485 e. The third-order valence-corrected chi connectivity index (χ3v) is 6.52. The van der Waals surface area contributed by atoms with Crippen molar-refractivity contribution in [2.75, 3.05) is 32.8 Å². The summed E-state index contributed by atoms with van der Waals surface area (Å²) < 4.78 is 13.8. The van der Waals surface area contributed by atoms with Crippen molar-refractivity contribution >= 4 is 11.6 Å². The van der Waals surface area contributed by atoms with Crippen molar-refractivity contribution in [3.05, 3.63) is 84.7 Å². The summed E-state index contributed by atoms with van der Waals surface area (Å²) in [5, 5.41) is 0. The molecule has 0 radical (unpaired) electrons. The zero-order chi connectivity index (χ0) is 22.9. The van der Waals surface area contributed by atoms with Gasteiger partial charge in [0, 0.05) is 44.5 Å². The van der Waals surface area contributed by atoms with Crippen LogP contribution in [0.5, 0.6) is 11.5 Å². The van der Waals surface area contributed by atoms with Gasteiger partial charge in [0.2, 0.25) is 6.10 Å². The predicted molar refractivity (Wildman–Crippen MR) is 129 cm³/mol. The molecule has 1 amide bonds. The van der Waals surface area contributed by atoms with Crippen molar-refractivity contribution < 1.29 is 14.3 Å². The molecule has 2 aromatic carbocycles. The molecule has 0 N–H and O–H groups in total. The Bertz CT molecular complexity index is 1310. The molecule has 0 bridgehead atoms. The number of ether oxygens (including phenoxy) is 2. The van der Waals surface area contributed by atoms with E-state index in [4.69, 9.17) is 14.5 Å². The van der Waals surface area contributed by atoms with E-state index in [2.05, 4.69) is 27.6 Å². The Labute approximate surface area is 198 Å². The van der Waals surface area contributed by atoms with Crippen molar-refractivity contribution in [3.8, 4) is 22.8 Å². The molecule has 172 valence electrons. The number of piperazine rings is 1. The Hall–Kier alpha value is -3.84. The molecule has 7 nitrogen and oxygen atoms in total. The van der Waals surface area contributed by atoms with E-state index >= 15 is 0 Å². The first-order valence-electron chi connectivity index (χ1n) is 11.7. The zero-order valence-electron chi connectivity index (χ0n) is 18.8. The average molecular weight is 455 g/mol. The van der Waals surface area contributed by atoms with E-state index in [1.54, 1.807) is 0 Å². The summed E-state index contributed by atoms with van der Waals surface area (Å²) in [6, 6.07) is 23.9. The number of fused-ring (bicyclic) bond motifs is 2. The highest BCUT2D eigenvalue weighted by atomic mass is 16.6. The van der Waals surface area contributed by atoms with E-state index in [0.29, 0.717) is 24.6 Å². The number of hydrogen-bond donors (Lipinski definition) is 0. The molecule has 4 aromatic rings. The largest absolute Gasteiger partial charge is 0.485 e. The molecule has 4 heterocycles. The number of para-hydroxylation sites is 2. The highest BCUT2D eigenvalue weighted by Crippen LogP contribution is 2.31. The molecule has 2 aliphatic heterocycles. The fourth-order valence-electron chi connectivity index (χ4n) is 4.71. The summed E-state index contributed by atoms with van der Waals surface area (Å²) in [5.74, 6) is 1.32. The number of aromatic nitrogens is 2. The molecule has 0 aliphatic carbocycles. The maximum atomic E-state index is 13.1. The van der Waals surface area contributed by atoms with E-state index in [-0.39, 0.29) is 12.5 Å². The van der Waals surface area contributed by atoms with Crippen molar-refractivity contribution in [1.29, 1.82) is 0 Å². The molecule has 1 unspecified atom stereocenters. The lowest BCUT2D eigenvalue weighted by Crippen LogP contribution is -2.53. The van der Waals surface area contributed by atoms with E-state index in [9.17, 15) is 4.79 Å². The maximum Gasteiger partial charge on any atom is 0.267 e. The fourth-order valence-corrected chi connectivity index (χ4v) is 4.71. The Morgan fingerprint density at radius 3 is 2.44 bits per heavy atom. The van der Waals surface area contributed by atoms with Gasteiger partial charge in [0.15, 0.2) is 11.5 Å². The van der Waals surface area contributed by atoms with E-state index < -0.39 is 6.10 Å². The van der Waals surface area contributed by atoms with E-state index in [0.717, 1.165) is 36.5 Å². The van der Waals surface area contributed by atoms with Gasteiger partial charge >= 0.3 is 0 Å². The monoisotopic (exact) mass is 454 g/mol. The minimum absolute atomic E-state index is 0.00562. The first-order chi connectivity index (χ1) is 16.8. The lowest BCUT2D eigenvalue weighted by molar-refractivity contribution is -0.143. The zero-order valence-corrected chi connectivity index (χ0v) is 18.8. The molecule has 7 heteroatoms. The SMILES string of the molecule is O=C(C1COc2ccccc2O1)N1CCN(Cc2c(-c3ccccc3)nc3ccccn23)CC1. The highest BCUT2D eigenvalue weighted by Gasteiger charge is 2.33. The lowest BCUT2D eigenvalue weighted by Gasteiger charge is -2.37. The van der Waals surface area contributed by atoms with Crippen LogP contribution < -0.4 is 9.47 Å². The number of amides is 1. The standard InChI is InChI=1S/C27H26N4O3/c32-27(24-19-33-22-10-4-5-11-23(22)34-24)30-16-14-29(15-17-30)18-21-26(20-8-2-1-3-9-20)28-25-12-6-7-13-31(21)25/h1-13,24H,14-19H2. The Morgan fingerprint density at radius 1 is 0.882 bits per heavy atom. The normalized spacial score (nSPS) is 18.2. The summed E-state index contributed by atoms with van der Waals surface area (Å²) >= 11 is 0. The van der Waals surface area contributed by atoms with Crippen LogP contribution in [0.2, 0.25) is 0 Å². The van der Waals surface area contributed by atoms with Crippen molar-refractivity contribution in [2.24, 2.45) is 0 Å². The molecule has 1 fully saturated rings. The predicted octanol–water partition coefficient (Wildman–Crippen LogP) is 3.49. The molecule has 0 saturated carbocycles. The van der Waals surface area contributed by atoms with Gasteiger partial charge in [-0.05, 0) is 24.3 Å². The summed E-state index contributed by atoms with van der Waals surface area (Å²) in [7, 11) is 0. The van der Waals surface area contributed by atoms with Gasteiger partial charge in [-0.15, -0.1) is 0 Å². The Balaban J connectivity index is 1.15. The summed E-state index contributed by atoms with van der Waals surface area (Å²) in [5.41, 5.74) is 4.24. The van der Waals surface area contributed by atoms with E-state index in [1.165, 1.54) is 5.69 Å². The molecular weight excluding hydrogens is 428 g/mol. The van der Waals surface area contributed by atoms with Crippen molar-refractivity contribution in [3.63, 3.8) is 0 Å². The molecule has 34 heavy (non-hydrogen) atoms. The number of carbonyl (C=O) groups excluding carboxylic acids is 1. The van der Waals surface area contributed by atoms with Crippen LogP contribution in [0.3, 0.4) is 0 Å². The molecule has 1 atom stereocenters. The Morgan fingerprint density at radius 2 is 1.62 bits per heavy atom. The van der Waals surface area contributed by atoms with Crippen LogP contribution >= 0.6 is 0 Å². The minimum atomic E-state index is -0.593. The van der Waals surface area contributed by atoms with Crippen LogP contribution in [0.1, 0.15) is 5.69 Å². The summed E-state index contributed by atoms with van der Waals surface area (Å²) in [6.45, 7) is 3.94. The molecule has 0 spiro atoms. The average Bonchev–Trinajstić information content (AvgIpc) is 3.27. The number of benzene rings is 2. The number of imidazole rings is 1. The quantitative estimate of drug-likeness (QED) is 0.473. The van der Waals surface area contributed by atoms with Crippen LogP contribution in [-0.4, -0.2) is 64.0 Å². The topological polar surface area (TPSA) is 59.3 Å².